The van der Waals surface area contributed by atoms with Gasteiger partial charge in [0.05, 0.1) is 12.4 Å². The van der Waals surface area contributed by atoms with Gasteiger partial charge in [-0.05, 0) is 25.1 Å². The summed E-state index contributed by atoms with van der Waals surface area (Å²) in [6.45, 7) is 3.15. The van der Waals surface area contributed by atoms with Crippen LogP contribution in [0.25, 0.3) is 0 Å². The number of nitrogens with one attached hydrogen (secondary N) is 1. The second-order valence-electron chi connectivity index (χ2n) is 3.86. The van der Waals surface area contributed by atoms with Crippen molar-refractivity contribution in [3.05, 3.63) is 0 Å². The molecule has 0 aliphatic heterocycles. The Bertz CT molecular complexity index is 255. The van der Waals surface area contributed by atoms with E-state index in [-0.39, 0.29) is 18.4 Å². The van der Waals surface area contributed by atoms with Crippen molar-refractivity contribution in [3.63, 3.8) is 0 Å². The standard InChI is InChI=1S/C10H23NO3S2/c1-3-5-11-10(9-12)4-6-15-7-8-16(2,13)14/h10-12H,3-9H2,1-2H3. The molecule has 1 unspecified atom stereocenters. The minimum Gasteiger partial charge on any atom is -0.395 e. The topological polar surface area (TPSA) is 66.4 Å². The second-order valence-corrected chi connectivity index (χ2v) is 7.35. The van der Waals surface area contributed by atoms with E-state index in [1.807, 2.05) is 0 Å². The molecule has 0 fully saturated rings. The van der Waals surface area contributed by atoms with E-state index in [1.54, 1.807) is 11.8 Å². The van der Waals surface area contributed by atoms with Crippen molar-refractivity contribution in [2.24, 2.45) is 0 Å². The van der Waals surface area contributed by atoms with Crippen LogP contribution in [-0.4, -0.2) is 56.2 Å². The maximum Gasteiger partial charge on any atom is 0.148 e. The van der Waals surface area contributed by atoms with Crippen molar-refractivity contribution < 1.29 is 13.5 Å². The average Bonchev–Trinajstić information content (AvgIpc) is 2.20. The highest BCUT2D eigenvalue weighted by atomic mass is 32.2. The highest BCUT2D eigenvalue weighted by Crippen LogP contribution is 2.06. The molecule has 0 saturated heterocycles. The van der Waals surface area contributed by atoms with E-state index in [4.69, 9.17) is 5.11 Å². The molecule has 0 rings (SSSR count). The first-order valence-corrected chi connectivity index (χ1v) is 8.80. The predicted octanol–water partition coefficient (Wildman–Crippen LogP) is 0.515. The molecule has 0 saturated carbocycles. The van der Waals surface area contributed by atoms with Crippen molar-refractivity contribution in [1.29, 1.82) is 0 Å². The van der Waals surface area contributed by atoms with Gasteiger partial charge >= 0.3 is 0 Å². The lowest BCUT2D eigenvalue weighted by molar-refractivity contribution is 0.240. The van der Waals surface area contributed by atoms with Gasteiger partial charge in [0.1, 0.15) is 9.84 Å². The highest BCUT2D eigenvalue weighted by Gasteiger charge is 2.06. The Hall–Kier alpha value is 0.220. The molecule has 2 N–H and O–H groups in total. The SMILES string of the molecule is CCCNC(CO)CCSCCS(C)(=O)=O. The number of sulfone groups is 1. The molecule has 0 amide bonds. The van der Waals surface area contributed by atoms with Gasteiger partial charge in [-0.3, -0.25) is 0 Å². The van der Waals surface area contributed by atoms with Crippen LogP contribution < -0.4 is 5.32 Å². The molecule has 6 heteroatoms. The summed E-state index contributed by atoms with van der Waals surface area (Å²) in [5.41, 5.74) is 0. The predicted molar refractivity (Wildman–Crippen MR) is 70.8 cm³/mol. The fourth-order valence-corrected chi connectivity index (χ4v) is 3.48. The van der Waals surface area contributed by atoms with E-state index >= 15 is 0 Å². The third kappa shape index (κ3) is 10.7. The van der Waals surface area contributed by atoms with E-state index in [0.717, 1.165) is 25.1 Å². The van der Waals surface area contributed by atoms with Gasteiger partial charge in [-0.15, -0.1) is 0 Å². The Balaban J connectivity index is 3.48. The first-order chi connectivity index (χ1) is 7.49. The van der Waals surface area contributed by atoms with Crippen LogP contribution in [0.1, 0.15) is 19.8 Å². The van der Waals surface area contributed by atoms with Gasteiger partial charge in [0.2, 0.25) is 0 Å². The number of thioether (sulfide) groups is 1. The summed E-state index contributed by atoms with van der Waals surface area (Å²) in [7, 11) is -2.83. The maximum atomic E-state index is 10.9. The summed E-state index contributed by atoms with van der Waals surface area (Å²) in [6, 6.07) is 0.144. The molecule has 0 spiro atoms. The van der Waals surface area contributed by atoms with E-state index in [2.05, 4.69) is 12.2 Å². The second kappa shape index (κ2) is 9.27. The van der Waals surface area contributed by atoms with E-state index in [9.17, 15) is 8.42 Å². The molecule has 1 atom stereocenters. The fraction of sp³-hybridized carbons (Fsp3) is 1.00. The number of hydrogen-bond donors (Lipinski definition) is 2. The lowest BCUT2D eigenvalue weighted by Gasteiger charge is -2.15. The molecule has 98 valence electrons. The number of aliphatic hydroxyl groups is 1. The summed E-state index contributed by atoms with van der Waals surface area (Å²) in [4.78, 5) is 0. The Morgan fingerprint density at radius 3 is 2.56 bits per heavy atom. The third-order valence-electron chi connectivity index (χ3n) is 2.11. The van der Waals surface area contributed by atoms with Gasteiger partial charge in [-0.25, -0.2) is 8.42 Å². The lowest BCUT2D eigenvalue weighted by atomic mass is 10.2. The molecule has 4 nitrogen and oxygen atoms in total. The summed E-state index contributed by atoms with van der Waals surface area (Å²) >= 11 is 1.63. The largest absolute Gasteiger partial charge is 0.395 e. The molecule has 0 aromatic heterocycles. The molecule has 16 heavy (non-hydrogen) atoms. The summed E-state index contributed by atoms with van der Waals surface area (Å²) in [6.07, 6.45) is 3.19. The van der Waals surface area contributed by atoms with Gasteiger partial charge in [0.25, 0.3) is 0 Å². The van der Waals surface area contributed by atoms with Crippen LogP contribution in [0.15, 0.2) is 0 Å². The summed E-state index contributed by atoms with van der Waals surface area (Å²) in [5.74, 6) is 1.77. The van der Waals surface area contributed by atoms with Crippen LogP contribution >= 0.6 is 11.8 Å². The van der Waals surface area contributed by atoms with Gasteiger partial charge in [-0.2, -0.15) is 11.8 Å². The Morgan fingerprint density at radius 2 is 2.06 bits per heavy atom. The minimum atomic E-state index is -2.83. The first-order valence-electron chi connectivity index (χ1n) is 5.59. The van der Waals surface area contributed by atoms with Crippen LogP contribution in [0.5, 0.6) is 0 Å². The quantitative estimate of drug-likeness (QED) is 0.566. The van der Waals surface area contributed by atoms with Gasteiger partial charge in [0, 0.05) is 18.1 Å². The van der Waals surface area contributed by atoms with Crippen LogP contribution in [0.2, 0.25) is 0 Å². The lowest BCUT2D eigenvalue weighted by Crippen LogP contribution is -2.33. The molecule has 0 aliphatic carbocycles. The van der Waals surface area contributed by atoms with Crippen molar-refractivity contribution in [3.8, 4) is 0 Å². The highest BCUT2D eigenvalue weighted by molar-refractivity contribution is 8.00. The third-order valence-corrected chi connectivity index (χ3v) is 4.33. The monoisotopic (exact) mass is 269 g/mol. The number of rotatable bonds is 10. The van der Waals surface area contributed by atoms with Crippen LogP contribution in [-0.2, 0) is 9.84 Å². The number of hydrogen-bond acceptors (Lipinski definition) is 5. The van der Waals surface area contributed by atoms with E-state index in [0.29, 0.717) is 5.75 Å². The van der Waals surface area contributed by atoms with E-state index < -0.39 is 9.84 Å². The Kier molecular flexibility index (Phi) is 9.40. The maximum absolute atomic E-state index is 10.9. The average molecular weight is 269 g/mol. The molecule has 0 bridgehead atoms. The molecular formula is C10H23NO3S2. The van der Waals surface area contributed by atoms with Crippen LogP contribution in [0.3, 0.4) is 0 Å². The van der Waals surface area contributed by atoms with Crippen molar-refractivity contribution in [2.75, 3.05) is 36.7 Å². The van der Waals surface area contributed by atoms with Crippen molar-refractivity contribution in [2.45, 2.75) is 25.8 Å². The van der Waals surface area contributed by atoms with Crippen LogP contribution in [0.4, 0.5) is 0 Å². The molecule has 0 aliphatic rings. The minimum absolute atomic E-state index is 0.144. The summed E-state index contributed by atoms with van der Waals surface area (Å²) in [5, 5.41) is 12.3. The van der Waals surface area contributed by atoms with Crippen molar-refractivity contribution >= 4 is 21.6 Å². The molecule has 0 aromatic rings. The zero-order valence-corrected chi connectivity index (χ0v) is 11.7. The normalized spacial score (nSPS) is 13.9. The van der Waals surface area contributed by atoms with Crippen LogP contribution in [0, 0.1) is 0 Å². The molecule has 0 radical (unpaired) electrons. The van der Waals surface area contributed by atoms with E-state index in [1.165, 1.54) is 6.26 Å². The van der Waals surface area contributed by atoms with Gasteiger partial charge < -0.3 is 10.4 Å². The van der Waals surface area contributed by atoms with Crippen molar-refractivity contribution in [1.82, 2.24) is 5.32 Å². The molecular weight excluding hydrogens is 246 g/mol. The van der Waals surface area contributed by atoms with Gasteiger partial charge in [0.15, 0.2) is 0 Å². The Labute approximate surface area is 103 Å². The first kappa shape index (κ1) is 16.2. The Morgan fingerprint density at radius 1 is 1.38 bits per heavy atom. The zero-order valence-electron chi connectivity index (χ0n) is 10.1. The zero-order chi connectivity index (χ0) is 12.4. The van der Waals surface area contributed by atoms with Gasteiger partial charge in [-0.1, -0.05) is 6.92 Å². The summed E-state index contributed by atoms with van der Waals surface area (Å²) < 4.78 is 21.7. The molecule has 0 heterocycles. The smallest absolute Gasteiger partial charge is 0.148 e. The fourth-order valence-electron chi connectivity index (χ4n) is 1.14. The number of aliphatic hydroxyl groups excluding tert-OH is 1. The molecule has 0 aromatic carbocycles.